The molecule has 0 N–H and O–H groups in total. The van der Waals surface area contributed by atoms with E-state index in [1.54, 1.807) is 13.8 Å². The van der Waals surface area contributed by atoms with Gasteiger partial charge in [-0.15, -0.1) is 13.2 Å². The average molecular weight is 206 g/mol. The van der Waals surface area contributed by atoms with Gasteiger partial charge in [-0.1, -0.05) is 13.8 Å². The van der Waals surface area contributed by atoms with Gasteiger partial charge < -0.3 is 4.74 Å². The summed E-state index contributed by atoms with van der Waals surface area (Å²) in [5.74, 6) is -0.643. The molecule has 0 unspecified atom stereocenters. The molecule has 0 aromatic carbocycles. The maximum absolute atomic E-state index is 11.9. The molecule has 0 spiro atoms. The Hall–Kier alpha value is -1.33. The molecule has 14 heavy (non-hydrogen) atoms. The molecule has 0 aliphatic heterocycles. The summed E-state index contributed by atoms with van der Waals surface area (Å²) in [7, 11) is 0. The van der Waals surface area contributed by atoms with Crippen LogP contribution in [-0.2, 0) is 0 Å². The van der Waals surface area contributed by atoms with Crippen LogP contribution in [0.5, 0.6) is 5.88 Å². The minimum absolute atomic E-state index is 0.166. The Bertz CT molecular complexity index is 312. The number of rotatable bonds is 2. The smallest absolute Gasteiger partial charge is 0.386 e. The van der Waals surface area contributed by atoms with Crippen molar-refractivity contribution >= 4 is 0 Å². The highest BCUT2D eigenvalue weighted by Gasteiger charge is 2.33. The van der Waals surface area contributed by atoms with E-state index in [-0.39, 0.29) is 11.6 Å². The van der Waals surface area contributed by atoms with Crippen LogP contribution in [0, 0.1) is 0 Å². The van der Waals surface area contributed by atoms with E-state index < -0.39 is 12.2 Å². The molecule has 0 bridgehead atoms. The largest absolute Gasteiger partial charge is 0.574 e. The Morgan fingerprint density at radius 1 is 1.21 bits per heavy atom. The lowest BCUT2D eigenvalue weighted by atomic mass is 10.1. The molecule has 1 heterocycles. The van der Waals surface area contributed by atoms with Crippen LogP contribution in [0.4, 0.5) is 13.2 Å². The van der Waals surface area contributed by atoms with Gasteiger partial charge in [0.25, 0.3) is 0 Å². The van der Waals surface area contributed by atoms with Crippen LogP contribution >= 0.6 is 0 Å². The number of halogens is 3. The van der Waals surface area contributed by atoms with Crippen molar-refractivity contribution < 1.29 is 17.9 Å². The van der Waals surface area contributed by atoms with Gasteiger partial charge >= 0.3 is 6.36 Å². The zero-order valence-electron chi connectivity index (χ0n) is 7.67. The minimum atomic E-state index is -4.72. The van der Waals surface area contributed by atoms with Crippen LogP contribution in [0.3, 0.4) is 0 Å². The van der Waals surface area contributed by atoms with Crippen molar-refractivity contribution in [1.29, 1.82) is 0 Å². The monoisotopic (exact) mass is 206 g/mol. The Morgan fingerprint density at radius 2 is 1.79 bits per heavy atom. The highest BCUT2D eigenvalue weighted by molar-refractivity contribution is 5.20. The van der Waals surface area contributed by atoms with Gasteiger partial charge in [-0.05, 0) is 0 Å². The number of ether oxygens (including phenoxy) is 1. The van der Waals surface area contributed by atoms with Crippen molar-refractivity contribution in [3.63, 3.8) is 0 Å². The van der Waals surface area contributed by atoms with Crippen molar-refractivity contribution in [3.05, 3.63) is 18.1 Å². The van der Waals surface area contributed by atoms with Crippen LogP contribution in [0.25, 0.3) is 0 Å². The summed E-state index contributed by atoms with van der Waals surface area (Å²) in [6.45, 7) is 3.43. The molecular formula is C8H9F3N2O. The minimum Gasteiger partial charge on any atom is -0.386 e. The second-order valence-corrected chi connectivity index (χ2v) is 2.95. The van der Waals surface area contributed by atoms with Gasteiger partial charge in [0.15, 0.2) is 0 Å². The zero-order chi connectivity index (χ0) is 10.8. The van der Waals surface area contributed by atoms with Crippen LogP contribution in [0.15, 0.2) is 12.4 Å². The van der Waals surface area contributed by atoms with E-state index >= 15 is 0 Å². The molecule has 0 aliphatic carbocycles. The summed E-state index contributed by atoms with van der Waals surface area (Å²) < 4.78 is 39.4. The molecule has 3 nitrogen and oxygen atoms in total. The van der Waals surface area contributed by atoms with E-state index in [0.717, 1.165) is 6.20 Å². The van der Waals surface area contributed by atoms with Gasteiger partial charge in [-0.3, -0.25) is 4.98 Å². The van der Waals surface area contributed by atoms with Gasteiger partial charge in [0.05, 0.1) is 0 Å². The maximum Gasteiger partial charge on any atom is 0.574 e. The molecule has 0 radical (unpaired) electrons. The molecule has 78 valence electrons. The first kappa shape index (κ1) is 10.7. The van der Waals surface area contributed by atoms with E-state index in [9.17, 15) is 13.2 Å². The quantitative estimate of drug-likeness (QED) is 0.745. The molecule has 0 saturated heterocycles. The summed E-state index contributed by atoms with van der Waals surface area (Å²) in [6, 6.07) is 0. The van der Waals surface area contributed by atoms with Crippen molar-refractivity contribution in [2.75, 3.05) is 0 Å². The fourth-order valence-electron chi connectivity index (χ4n) is 0.920. The second kappa shape index (κ2) is 3.81. The van der Waals surface area contributed by atoms with E-state index in [1.807, 2.05) is 0 Å². The lowest BCUT2D eigenvalue weighted by Crippen LogP contribution is -2.19. The fraction of sp³-hybridized carbons (Fsp3) is 0.500. The van der Waals surface area contributed by atoms with Gasteiger partial charge in [-0.2, -0.15) is 0 Å². The molecule has 1 aromatic rings. The summed E-state index contributed by atoms with van der Waals surface area (Å²) in [6.07, 6.45) is -2.23. The van der Waals surface area contributed by atoms with Crippen molar-refractivity contribution in [2.24, 2.45) is 0 Å². The number of hydrogen-bond acceptors (Lipinski definition) is 3. The molecule has 0 atom stereocenters. The summed E-state index contributed by atoms with van der Waals surface area (Å²) >= 11 is 0. The predicted octanol–water partition coefficient (Wildman–Crippen LogP) is 2.50. The lowest BCUT2D eigenvalue weighted by molar-refractivity contribution is -0.276. The molecular weight excluding hydrogens is 197 g/mol. The van der Waals surface area contributed by atoms with Crippen LogP contribution in [-0.4, -0.2) is 16.3 Å². The second-order valence-electron chi connectivity index (χ2n) is 2.95. The van der Waals surface area contributed by atoms with E-state index in [1.165, 1.54) is 6.20 Å². The zero-order valence-corrected chi connectivity index (χ0v) is 7.67. The topological polar surface area (TPSA) is 35.0 Å². The number of aromatic nitrogens is 2. The first-order valence-electron chi connectivity index (χ1n) is 3.97. The van der Waals surface area contributed by atoms with Crippen LogP contribution < -0.4 is 4.74 Å². The van der Waals surface area contributed by atoms with Crippen molar-refractivity contribution in [1.82, 2.24) is 9.97 Å². The maximum atomic E-state index is 11.9. The standard InChI is InChI=1S/C8H9F3N2O/c1-5(2)6-7(13-4-3-12-6)14-8(9,10)11/h3-5H,1-2H3. The Morgan fingerprint density at radius 3 is 2.29 bits per heavy atom. The summed E-state index contributed by atoms with van der Waals surface area (Å²) in [4.78, 5) is 7.26. The highest BCUT2D eigenvalue weighted by atomic mass is 19.4. The molecule has 1 aromatic heterocycles. The molecule has 0 amide bonds. The normalized spacial score (nSPS) is 11.9. The summed E-state index contributed by atoms with van der Waals surface area (Å²) in [5, 5.41) is 0. The summed E-state index contributed by atoms with van der Waals surface area (Å²) in [5.41, 5.74) is 0.199. The van der Waals surface area contributed by atoms with Gasteiger partial charge in [0.1, 0.15) is 5.69 Å². The highest BCUT2D eigenvalue weighted by Crippen LogP contribution is 2.26. The van der Waals surface area contributed by atoms with Crippen LogP contribution in [0.1, 0.15) is 25.5 Å². The van der Waals surface area contributed by atoms with E-state index in [4.69, 9.17) is 0 Å². The van der Waals surface area contributed by atoms with Gasteiger partial charge in [-0.25, -0.2) is 4.98 Å². The molecule has 0 saturated carbocycles. The Labute approximate surface area is 78.9 Å². The third-order valence-electron chi connectivity index (χ3n) is 1.45. The van der Waals surface area contributed by atoms with Gasteiger partial charge in [0, 0.05) is 18.3 Å². The van der Waals surface area contributed by atoms with Crippen LogP contribution in [0.2, 0.25) is 0 Å². The average Bonchev–Trinajstić information content (AvgIpc) is 2.01. The third kappa shape index (κ3) is 2.86. The predicted molar refractivity (Wildman–Crippen MR) is 42.8 cm³/mol. The Balaban J connectivity index is 2.96. The number of hydrogen-bond donors (Lipinski definition) is 0. The number of nitrogens with zero attached hydrogens (tertiary/aromatic N) is 2. The van der Waals surface area contributed by atoms with Crippen molar-refractivity contribution in [2.45, 2.75) is 26.1 Å². The van der Waals surface area contributed by atoms with E-state index in [2.05, 4.69) is 14.7 Å². The molecule has 1 rings (SSSR count). The molecule has 0 fully saturated rings. The fourth-order valence-corrected chi connectivity index (χ4v) is 0.920. The molecule has 6 heteroatoms. The third-order valence-corrected chi connectivity index (χ3v) is 1.45. The molecule has 0 aliphatic rings. The Kier molecular flexibility index (Phi) is 2.93. The SMILES string of the molecule is CC(C)c1nccnc1OC(F)(F)F. The van der Waals surface area contributed by atoms with E-state index in [0.29, 0.717) is 0 Å². The number of alkyl halides is 3. The first-order chi connectivity index (χ1) is 6.40. The van der Waals surface area contributed by atoms with Gasteiger partial charge in [0.2, 0.25) is 5.88 Å². The lowest BCUT2D eigenvalue weighted by Gasteiger charge is -2.12. The van der Waals surface area contributed by atoms with Crippen molar-refractivity contribution in [3.8, 4) is 5.88 Å². The first-order valence-corrected chi connectivity index (χ1v) is 3.97.